The monoisotopic (exact) mass is 775 g/mol. The van der Waals surface area contributed by atoms with Gasteiger partial charge >= 0.3 is 19.4 Å². The molecule has 2 N–H and O–H groups in total. The van der Waals surface area contributed by atoms with Crippen molar-refractivity contribution in [3.8, 4) is 11.5 Å². The Morgan fingerprint density at radius 3 is 2.48 bits per heavy atom. The number of hydrogen-bond acceptors (Lipinski definition) is 10. The zero-order valence-electron chi connectivity index (χ0n) is 25.6. The average Bonchev–Trinajstić information content (AvgIpc) is 3.28. The summed E-state index contributed by atoms with van der Waals surface area (Å²) < 4.78 is 65.3. The summed E-state index contributed by atoms with van der Waals surface area (Å²) in [7, 11) is -2.83. The lowest BCUT2D eigenvalue weighted by molar-refractivity contribution is -0.146. The fourth-order valence-electron chi connectivity index (χ4n) is 4.61. The Kier molecular flexibility index (Phi) is 12.2. The molecule has 2 heterocycles. The molecule has 16 heteroatoms. The van der Waals surface area contributed by atoms with Crippen molar-refractivity contribution in [1.29, 1.82) is 0 Å². The van der Waals surface area contributed by atoms with Crippen LogP contribution in [0.4, 0.5) is 4.39 Å². The van der Waals surface area contributed by atoms with Crippen molar-refractivity contribution in [1.82, 2.24) is 14.6 Å². The van der Waals surface area contributed by atoms with Crippen molar-refractivity contribution in [2.45, 2.75) is 68.1 Å². The van der Waals surface area contributed by atoms with Gasteiger partial charge in [-0.25, -0.2) is 13.8 Å². The molecule has 0 spiro atoms. The van der Waals surface area contributed by atoms with E-state index in [4.69, 9.17) is 28.0 Å². The lowest BCUT2D eigenvalue weighted by Gasteiger charge is -2.28. The van der Waals surface area contributed by atoms with E-state index in [0.717, 1.165) is 16.8 Å². The molecule has 2 unspecified atom stereocenters. The minimum Gasteiger partial charge on any atom is -0.497 e. The van der Waals surface area contributed by atoms with Crippen molar-refractivity contribution >= 4 is 36.3 Å². The van der Waals surface area contributed by atoms with Crippen molar-refractivity contribution < 1.29 is 41.7 Å². The summed E-state index contributed by atoms with van der Waals surface area (Å²) in [5, 5.41) is 2.59. The van der Waals surface area contributed by atoms with E-state index in [9.17, 15) is 18.9 Å². The Morgan fingerprint density at radius 1 is 1.15 bits per heavy atom. The molecule has 250 valence electrons. The minimum absolute atomic E-state index is 0.0600. The van der Waals surface area contributed by atoms with Gasteiger partial charge in [0.2, 0.25) is 0 Å². The van der Waals surface area contributed by atoms with Gasteiger partial charge in [-0.1, -0.05) is 37.3 Å². The second-order valence-corrected chi connectivity index (χ2v) is 13.7. The fourth-order valence-corrected chi connectivity index (χ4v) is 6.36. The number of ether oxygens (including phenoxy) is 4. The molecule has 1 fully saturated rings. The highest BCUT2D eigenvalue weighted by atomic mass is 127. The Balaban J connectivity index is 1.61. The van der Waals surface area contributed by atoms with Crippen LogP contribution in [0.3, 0.4) is 0 Å². The van der Waals surface area contributed by atoms with Crippen LogP contribution >= 0.6 is 30.3 Å². The third kappa shape index (κ3) is 9.04. The zero-order valence-corrected chi connectivity index (χ0v) is 28.6. The summed E-state index contributed by atoms with van der Waals surface area (Å²) in [5.74, 6) is 0.107. The number of nitrogens with one attached hydrogen (secondary N) is 2. The van der Waals surface area contributed by atoms with E-state index in [0.29, 0.717) is 17.7 Å². The SMILES string of the molecule is CCC(I)OC(=O)[C@H](C)NP(=O)(OC[C@H]1O[C@@H](n2ccc(=O)[nH]c2=O)[C@](C)(F)[C@@H]1OCc1ccc(OC)cc1)Oc1ccccc1. The highest BCUT2D eigenvalue weighted by Crippen LogP contribution is 2.48. The normalized spacial score (nSPS) is 23.7. The smallest absolute Gasteiger partial charge is 0.459 e. The first-order valence-corrected chi connectivity index (χ1v) is 17.2. The van der Waals surface area contributed by atoms with Gasteiger partial charge in [0, 0.05) is 12.3 Å². The van der Waals surface area contributed by atoms with E-state index >= 15 is 4.39 Å². The molecular formula is C30H36FIN3O10P. The molecule has 13 nitrogen and oxygen atoms in total. The van der Waals surface area contributed by atoms with Crippen molar-refractivity contribution in [3.63, 3.8) is 0 Å². The number of halogens is 2. The Bertz CT molecular complexity index is 1620. The van der Waals surface area contributed by atoms with Crippen LogP contribution in [0.2, 0.25) is 0 Å². The van der Waals surface area contributed by atoms with Crippen LogP contribution < -0.4 is 25.6 Å². The van der Waals surface area contributed by atoms with Crippen molar-refractivity contribution in [2.75, 3.05) is 13.7 Å². The van der Waals surface area contributed by atoms with Gasteiger partial charge in [0.05, 0.1) is 20.3 Å². The molecular weight excluding hydrogens is 739 g/mol. The van der Waals surface area contributed by atoms with Gasteiger partial charge < -0.3 is 23.5 Å². The Hall–Kier alpha value is -3.08. The Labute approximate surface area is 278 Å². The highest BCUT2D eigenvalue weighted by molar-refractivity contribution is 14.1. The largest absolute Gasteiger partial charge is 0.497 e. The summed E-state index contributed by atoms with van der Waals surface area (Å²) in [4.78, 5) is 39.1. The first-order chi connectivity index (χ1) is 21.8. The minimum atomic E-state index is -4.36. The highest BCUT2D eigenvalue weighted by Gasteiger charge is 2.57. The number of nitrogens with zero attached hydrogens (tertiary/aromatic N) is 1. The molecule has 7 atom stereocenters. The van der Waals surface area contributed by atoms with Gasteiger partial charge in [-0.3, -0.25) is 23.7 Å². The molecule has 0 bridgehead atoms. The number of H-pyrrole nitrogens is 1. The first-order valence-electron chi connectivity index (χ1n) is 14.4. The summed E-state index contributed by atoms with van der Waals surface area (Å²) in [6.45, 7) is 3.87. The van der Waals surface area contributed by atoms with E-state index in [2.05, 4.69) is 10.1 Å². The molecule has 46 heavy (non-hydrogen) atoms. The molecule has 0 aliphatic carbocycles. The number of hydrogen-bond donors (Lipinski definition) is 2. The van der Waals surface area contributed by atoms with Crippen molar-refractivity contribution in [3.05, 3.63) is 93.3 Å². The van der Waals surface area contributed by atoms with Gasteiger partial charge in [-0.2, -0.15) is 5.09 Å². The molecule has 0 radical (unpaired) electrons. The van der Waals surface area contributed by atoms with E-state index in [1.807, 2.05) is 29.5 Å². The number of carbonyl (C=O) groups is 1. The van der Waals surface area contributed by atoms with Crippen LogP contribution in [-0.2, 0) is 34.7 Å². The predicted molar refractivity (Wildman–Crippen MR) is 174 cm³/mol. The summed E-state index contributed by atoms with van der Waals surface area (Å²) in [5.41, 5.74) is -3.23. The van der Waals surface area contributed by atoms with Gasteiger partial charge in [0.1, 0.15) is 29.7 Å². The standard InChI is InChI=1S/C30H36FIN3O10P/c1-5-24(32)44-27(37)19(2)34-46(39,45-22-9-7-6-8-10-22)42-18-23-26(41-17-20-11-13-21(40-4)14-12-20)30(3,31)28(43-23)35-16-15-25(36)33-29(35)38/h6-16,19,23-24,26,28H,5,17-18H2,1-4H3,(H,34,39)(H,33,36,38)/t19-,23+,24?,26+,28+,30+,46?/m0/s1. The predicted octanol–water partition coefficient (Wildman–Crippen LogP) is 4.65. The average molecular weight is 776 g/mol. The number of benzene rings is 2. The van der Waals surface area contributed by atoms with Crippen LogP contribution in [0.5, 0.6) is 11.5 Å². The third-order valence-electron chi connectivity index (χ3n) is 7.02. The van der Waals surface area contributed by atoms with Gasteiger partial charge in [0.25, 0.3) is 5.56 Å². The zero-order chi connectivity index (χ0) is 33.5. The number of alkyl halides is 2. The first kappa shape index (κ1) is 35.8. The number of esters is 1. The molecule has 1 aliphatic rings. The molecule has 1 aromatic heterocycles. The number of rotatable bonds is 15. The maximum absolute atomic E-state index is 16.7. The number of aromatic amines is 1. The summed E-state index contributed by atoms with van der Waals surface area (Å²) in [6, 6.07) is 15.0. The van der Waals surface area contributed by atoms with E-state index in [-0.39, 0.29) is 12.4 Å². The molecule has 0 amide bonds. The number of carbonyl (C=O) groups excluding carboxylic acids is 1. The number of para-hydroxylation sites is 1. The third-order valence-corrected chi connectivity index (χ3v) is 9.80. The molecule has 3 aromatic rings. The molecule has 0 saturated carbocycles. The summed E-state index contributed by atoms with van der Waals surface area (Å²) in [6.07, 6.45) is -2.49. The van der Waals surface area contributed by atoms with E-state index < -0.39 is 65.8 Å². The van der Waals surface area contributed by atoms with E-state index in [1.165, 1.54) is 21.0 Å². The maximum Gasteiger partial charge on any atom is 0.459 e. The fraction of sp³-hybridized carbons (Fsp3) is 0.433. The lowest BCUT2D eigenvalue weighted by atomic mass is 9.98. The van der Waals surface area contributed by atoms with Gasteiger partial charge in [-0.15, -0.1) is 0 Å². The molecule has 2 aromatic carbocycles. The van der Waals surface area contributed by atoms with E-state index in [1.54, 1.807) is 54.6 Å². The molecule has 4 rings (SSSR count). The number of aromatic nitrogens is 2. The van der Waals surface area contributed by atoms with Gasteiger partial charge in [-0.05, 0) is 72.7 Å². The quantitative estimate of drug-likeness (QED) is 0.0960. The van der Waals surface area contributed by atoms with Gasteiger partial charge in [0.15, 0.2) is 16.0 Å². The van der Waals surface area contributed by atoms with Crippen LogP contribution in [0.25, 0.3) is 0 Å². The maximum atomic E-state index is 16.7. The second-order valence-electron chi connectivity index (χ2n) is 10.6. The number of methoxy groups -OCH3 is 1. The lowest BCUT2D eigenvalue weighted by Crippen LogP contribution is -2.45. The van der Waals surface area contributed by atoms with Crippen LogP contribution in [0, 0.1) is 0 Å². The van der Waals surface area contributed by atoms with Crippen LogP contribution in [0.1, 0.15) is 39.0 Å². The Morgan fingerprint density at radius 2 is 1.85 bits per heavy atom. The van der Waals surface area contributed by atoms with Crippen LogP contribution in [-0.4, -0.2) is 57.3 Å². The summed E-state index contributed by atoms with van der Waals surface area (Å²) >= 11 is 1.97. The topological polar surface area (TPSA) is 156 Å². The molecule has 1 aliphatic heterocycles. The second kappa shape index (κ2) is 15.7. The molecule has 1 saturated heterocycles. The van der Waals surface area contributed by atoms with Crippen molar-refractivity contribution in [2.24, 2.45) is 0 Å². The van der Waals surface area contributed by atoms with Crippen LogP contribution in [0.15, 0.2) is 76.4 Å².